The molecule has 1 N–H and O–H groups in total. The molecule has 148 valence electrons. The number of hydrogen-bond donors (Lipinski definition) is 1. The Bertz CT molecular complexity index is 789. The lowest BCUT2D eigenvalue weighted by atomic mass is 9.54. The summed E-state index contributed by atoms with van der Waals surface area (Å²) < 4.78 is 19.6. The summed E-state index contributed by atoms with van der Waals surface area (Å²) in [7, 11) is 0. The van der Waals surface area contributed by atoms with Crippen molar-refractivity contribution in [3.63, 3.8) is 0 Å². The van der Waals surface area contributed by atoms with Gasteiger partial charge in [0.05, 0.1) is 5.02 Å². The third kappa shape index (κ3) is 3.67. The van der Waals surface area contributed by atoms with Crippen molar-refractivity contribution in [1.29, 1.82) is 0 Å². The van der Waals surface area contributed by atoms with Crippen molar-refractivity contribution in [3.05, 3.63) is 64.4 Å². The predicted molar refractivity (Wildman–Crippen MR) is 110 cm³/mol. The van der Waals surface area contributed by atoms with Crippen molar-refractivity contribution >= 4 is 11.6 Å². The molecule has 28 heavy (non-hydrogen) atoms. The first-order valence-electron chi connectivity index (χ1n) is 10.5. The van der Waals surface area contributed by atoms with E-state index in [0.717, 1.165) is 36.0 Å². The maximum absolute atomic E-state index is 13.8. The Hall–Kier alpha value is -1.58. The lowest BCUT2D eigenvalue weighted by Crippen LogP contribution is -2.54. The molecule has 0 unspecified atom stereocenters. The normalized spacial score (nSPS) is 30.6. The minimum absolute atomic E-state index is 0.136. The molecule has 4 fully saturated rings. The Labute approximate surface area is 171 Å². The van der Waals surface area contributed by atoms with Gasteiger partial charge in [-0.05, 0) is 85.6 Å². The third-order valence-corrected chi connectivity index (χ3v) is 7.49. The van der Waals surface area contributed by atoms with Crippen LogP contribution in [-0.4, -0.2) is 6.04 Å². The molecule has 4 aliphatic rings. The maximum Gasteiger partial charge on any atom is 0.131 e. The van der Waals surface area contributed by atoms with Crippen LogP contribution in [0.5, 0.6) is 5.75 Å². The highest BCUT2D eigenvalue weighted by Crippen LogP contribution is 2.53. The molecule has 0 atom stereocenters. The molecule has 0 heterocycles. The highest BCUT2D eigenvalue weighted by molar-refractivity contribution is 6.31. The zero-order valence-electron chi connectivity index (χ0n) is 16.0. The van der Waals surface area contributed by atoms with Gasteiger partial charge in [-0.25, -0.2) is 4.39 Å². The lowest BCUT2D eigenvalue weighted by Gasteiger charge is -2.54. The van der Waals surface area contributed by atoms with Crippen LogP contribution in [0.1, 0.15) is 43.2 Å². The fourth-order valence-electron chi connectivity index (χ4n) is 6.02. The van der Waals surface area contributed by atoms with Gasteiger partial charge in [-0.15, -0.1) is 0 Å². The standard InChI is InChI=1S/C24H27ClFNO/c25-22-2-1-3-23(26)21(22)14-28-20-6-4-15(5-7-20)13-27-24-18-9-16-8-17(11-18)12-19(24)10-16/h1-7,16-19,24,27H,8-14H2. The third-order valence-electron chi connectivity index (χ3n) is 7.14. The van der Waals surface area contributed by atoms with Crippen LogP contribution in [0.25, 0.3) is 0 Å². The van der Waals surface area contributed by atoms with Gasteiger partial charge in [0, 0.05) is 18.2 Å². The zero-order valence-corrected chi connectivity index (χ0v) is 16.8. The van der Waals surface area contributed by atoms with Gasteiger partial charge in [0.15, 0.2) is 0 Å². The second-order valence-corrected chi connectivity index (χ2v) is 9.38. The molecular formula is C24H27ClFNO. The van der Waals surface area contributed by atoms with E-state index in [1.807, 2.05) is 12.1 Å². The Morgan fingerprint density at radius 1 is 0.929 bits per heavy atom. The fraction of sp³-hybridized carbons (Fsp3) is 0.500. The molecular weight excluding hydrogens is 373 g/mol. The van der Waals surface area contributed by atoms with E-state index < -0.39 is 0 Å². The van der Waals surface area contributed by atoms with Gasteiger partial charge in [-0.2, -0.15) is 0 Å². The molecule has 2 aromatic carbocycles. The lowest BCUT2D eigenvalue weighted by molar-refractivity contribution is -0.0142. The molecule has 0 radical (unpaired) electrons. The predicted octanol–water partition coefficient (Wildman–Crippen LogP) is 5.97. The zero-order chi connectivity index (χ0) is 19.1. The molecule has 0 spiro atoms. The quantitative estimate of drug-likeness (QED) is 0.645. The fourth-order valence-corrected chi connectivity index (χ4v) is 6.24. The Kier molecular flexibility index (Phi) is 5.06. The molecule has 4 aliphatic carbocycles. The molecule has 0 aliphatic heterocycles. The first-order valence-corrected chi connectivity index (χ1v) is 10.9. The van der Waals surface area contributed by atoms with Gasteiger partial charge in [0.25, 0.3) is 0 Å². The highest BCUT2D eigenvalue weighted by Gasteiger charge is 2.47. The summed E-state index contributed by atoms with van der Waals surface area (Å²) >= 11 is 6.06. The molecule has 2 nitrogen and oxygen atoms in total. The first-order chi connectivity index (χ1) is 13.7. The Balaban J connectivity index is 1.16. The van der Waals surface area contributed by atoms with E-state index in [9.17, 15) is 4.39 Å². The van der Waals surface area contributed by atoms with E-state index in [4.69, 9.17) is 16.3 Å². The van der Waals surface area contributed by atoms with Gasteiger partial charge < -0.3 is 10.1 Å². The molecule has 4 bridgehead atoms. The van der Waals surface area contributed by atoms with E-state index in [0.29, 0.717) is 16.6 Å². The van der Waals surface area contributed by atoms with Crippen LogP contribution in [0.3, 0.4) is 0 Å². The molecule has 0 saturated heterocycles. The van der Waals surface area contributed by atoms with Crippen molar-refractivity contribution < 1.29 is 9.13 Å². The summed E-state index contributed by atoms with van der Waals surface area (Å²) in [5.74, 6) is 4.22. The van der Waals surface area contributed by atoms with Crippen molar-refractivity contribution in [2.24, 2.45) is 23.7 Å². The van der Waals surface area contributed by atoms with Gasteiger partial charge >= 0.3 is 0 Å². The van der Waals surface area contributed by atoms with Crippen LogP contribution in [0.2, 0.25) is 5.02 Å². The van der Waals surface area contributed by atoms with E-state index in [1.165, 1.54) is 43.7 Å². The van der Waals surface area contributed by atoms with E-state index in [-0.39, 0.29) is 12.4 Å². The van der Waals surface area contributed by atoms with Gasteiger partial charge in [-0.1, -0.05) is 29.8 Å². The number of hydrogen-bond acceptors (Lipinski definition) is 2. The smallest absolute Gasteiger partial charge is 0.131 e. The summed E-state index contributed by atoms with van der Waals surface area (Å²) in [5.41, 5.74) is 1.67. The largest absolute Gasteiger partial charge is 0.489 e. The van der Waals surface area contributed by atoms with Crippen molar-refractivity contribution in [1.82, 2.24) is 5.32 Å². The van der Waals surface area contributed by atoms with Gasteiger partial charge in [0.1, 0.15) is 18.2 Å². The van der Waals surface area contributed by atoms with Gasteiger partial charge in [-0.3, -0.25) is 0 Å². The summed E-state index contributed by atoms with van der Waals surface area (Å²) in [4.78, 5) is 0. The van der Waals surface area contributed by atoms with Crippen LogP contribution < -0.4 is 10.1 Å². The molecule has 4 heteroatoms. The van der Waals surface area contributed by atoms with Crippen molar-refractivity contribution in [2.45, 2.75) is 51.3 Å². The molecule has 4 saturated carbocycles. The topological polar surface area (TPSA) is 21.3 Å². The second kappa shape index (κ2) is 7.68. The van der Waals surface area contributed by atoms with Crippen LogP contribution in [-0.2, 0) is 13.2 Å². The Morgan fingerprint density at radius 3 is 2.25 bits per heavy atom. The molecule has 6 rings (SSSR count). The van der Waals surface area contributed by atoms with E-state index >= 15 is 0 Å². The monoisotopic (exact) mass is 399 g/mol. The average molecular weight is 400 g/mol. The number of ether oxygens (including phenoxy) is 1. The number of benzene rings is 2. The van der Waals surface area contributed by atoms with Crippen LogP contribution in [0, 0.1) is 29.5 Å². The van der Waals surface area contributed by atoms with Crippen LogP contribution >= 0.6 is 11.6 Å². The second-order valence-electron chi connectivity index (χ2n) is 8.97. The van der Waals surface area contributed by atoms with E-state index in [1.54, 1.807) is 12.1 Å². The molecule has 2 aromatic rings. The highest BCUT2D eigenvalue weighted by atomic mass is 35.5. The van der Waals surface area contributed by atoms with Crippen LogP contribution in [0.15, 0.2) is 42.5 Å². The van der Waals surface area contributed by atoms with Crippen LogP contribution in [0.4, 0.5) is 4.39 Å². The SMILES string of the molecule is Fc1cccc(Cl)c1COc1ccc(CNC2C3CC4CC(C3)CC2C4)cc1. The first kappa shape index (κ1) is 18.4. The molecule has 0 amide bonds. The van der Waals surface area contributed by atoms with Gasteiger partial charge in [0.2, 0.25) is 0 Å². The summed E-state index contributed by atoms with van der Waals surface area (Å²) in [6, 6.07) is 13.5. The minimum Gasteiger partial charge on any atom is -0.489 e. The number of halogens is 2. The van der Waals surface area contributed by atoms with E-state index in [2.05, 4.69) is 17.4 Å². The maximum atomic E-state index is 13.8. The summed E-state index contributed by atoms with van der Waals surface area (Å²) in [6.45, 7) is 1.04. The minimum atomic E-state index is -0.330. The summed E-state index contributed by atoms with van der Waals surface area (Å²) in [6.07, 6.45) is 7.26. The Morgan fingerprint density at radius 2 is 1.61 bits per heavy atom. The van der Waals surface area contributed by atoms with Crippen molar-refractivity contribution in [3.8, 4) is 5.75 Å². The van der Waals surface area contributed by atoms with Crippen molar-refractivity contribution in [2.75, 3.05) is 0 Å². The summed E-state index contributed by atoms with van der Waals surface area (Å²) in [5, 5.41) is 4.26. The number of nitrogens with one attached hydrogen (secondary N) is 1. The molecule has 0 aromatic heterocycles. The average Bonchev–Trinajstić information content (AvgIpc) is 2.67. The number of rotatable bonds is 6.